The van der Waals surface area contributed by atoms with E-state index in [1.807, 2.05) is 30.3 Å². The number of hydrazine groups is 1. The molecule has 174 valence electrons. The third-order valence-electron chi connectivity index (χ3n) is 5.87. The van der Waals surface area contributed by atoms with Gasteiger partial charge in [0.25, 0.3) is 5.91 Å². The average molecular weight is 446 g/mol. The molecule has 2 saturated heterocycles. The number of amides is 2. The molecule has 0 spiro atoms. The van der Waals surface area contributed by atoms with Crippen LogP contribution in [0.2, 0.25) is 0 Å². The average Bonchev–Trinajstić information content (AvgIpc) is 2.93. The Kier molecular flexibility index (Phi) is 8.21. The first-order valence-corrected chi connectivity index (χ1v) is 11.1. The zero-order valence-electron chi connectivity index (χ0n) is 18.6. The molecule has 0 aromatic heterocycles. The number of nitrogens with zero attached hydrogens (tertiary/aromatic N) is 2. The van der Waals surface area contributed by atoms with Gasteiger partial charge in [-0.15, -0.1) is 0 Å². The van der Waals surface area contributed by atoms with Crippen molar-refractivity contribution in [3.8, 4) is 0 Å². The summed E-state index contributed by atoms with van der Waals surface area (Å²) in [6, 6.07) is 7.38. The molecule has 2 amide bonds. The zero-order chi connectivity index (χ0) is 23.1. The predicted molar refractivity (Wildman–Crippen MR) is 115 cm³/mol. The van der Waals surface area contributed by atoms with Crippen molar-refractivity contribution in [3.63, 3.8) is 0 Å². The van der Waals surface area contributed by atoms with Gasteiger partial charge in [0.05, 0.1) is 19.8 Å². The first-order valence-electron chi connectivity index (χ1n) is 11.1. The standard InChI is InChI=1S/C23H31N3O6/c1-3-32-22(29)18(12-11-16-8-5-4-6-9-16)24-17-13-14-20(27)25-15-7-10-19(23(30)31-2)26(25)21(17)28/h4-6,8-9,17-19,24H,3,7,10-15H2,1-2H3. The van der Waals surface area contributed by atoms with Crippen molar-refractivity contribution < 1.29 is 28.7 Å². The molecule has 1 aromatic carbocycles. The van der Waals surface area contributed by atoms with Crippen molar-refractivity contribution >= 4 is 23.8 Å². The fourth-order valence-electron chi connectivity index (χ4n) is 4.25. The van der Waals surface area contributed by atoms with Gasteiger partial charge in [0.15, 0.2) is 6.04 Å². The molecule has 0 bridgehead atoms. The summed E-state index contributed by atoms with van der Waals surface area (Å²) in [4.78, 5) is 51.1. The summed E-state index contributed by atoms with van der Waals surface area (Å²) in [7, 11) is 1.27. The normalized spacial score (nSPS) is 22.1. The van der Waals surface area contributed by atoms with Crippen LogP contribution in [0.3, 0.4) is 0 Å². The number of carbonyl (C=O) groups excluding carboxylic acids is 4. The summed E-state index contributed by atoms with van der Waals surface area (Å²) in [5, 5.41) is 5.73. The van der Waals surface area contributed by atoms with Gasteiger partial charge < -0.3 is 9.47 Å². The molecule has 3 atom stereocenters. The van der Waals surface area contributed by atoms with E-state index in [1.54, 1.807) is 6.92 Å². The van der Waals surface area contributed by atoms with Gasteiger partial charge in [-0.3, -0.25) is 24.7 Å². The number of carbonyl (C=O) groups is 4. The molecular weight excluding hydrogens is 414 g/mol. The van der Waals surface area contributed by atoms with Crippen molar-refractivity contribution in [1.82, 2.24) is 15.3 Å². The molecule has 1 N–H and O–H groups in total. The monoisotopic (exact) mass is 445 g/mol. The van der Waals surface area contributed by atoms with E-state index < -0.39 is 36.0 Å². The third-order valence-corrected chi connectivity index (χ3v) is 5.87. The maximum Gasteiger partial charge on any atom is 0.330 e. The highest BCUT2D eigenvalue weighted by Gasteiger charge is 2.45. The first kappa shape index (κ1) is 23.7. The Labute approximate surface area is 188 Å². The van der Waals surface area contributed by atoms with E-state index >= 15 is 0 Å². The summed E-state index contributed by atoms with van der Waals surface area (Å²) in [5.74, 6) is -1.61. The van der Waals surface area contributed by atoms with Gasteiger partial charge in [-0.25, -0.2) is 9.80 Å². The van der Waals surface area contributed by atoms with Crippen molar-refractivity contribution in [2.45, 2.75) is 63.6 Å². The first-order chi connectivity index (χ1) is 15.5. The highest BCUT2D eigenvalue weighted by molar-refractivity contribution is 5.92. The summed E-state index contributed by atoms with van der Waals surface area (Å²) in [6.45, 7) is 2.33. The SMILES string of the molecule is CCOC(=O)C(CCc1ccccc1)NC1CCC(=O)N2CCCC(C(=O)OC)N2C1=O. The zero-order valence-corrected chi connectivity index (χ0v) is 18.6. The third kappa shape index (κ3) is 5.45. The number of fused-ring (bicyclic) bond motifs is 1. The molecule has 32 heavy (non-hydrogen) atoms. The van der Waals surface area contributed by atoms with Crippen LogP contribution in [-0.4, -0.2) is 72.2 Å². The molecule has 2 fully saturated rings. The minimum absolute atomic E-state index is 0.141. The van der Waals surface area contributed by atoms with Crippen molar-refractivity contribution in [3.05, 3.63) is 35.9 Å². The molecule has 3 unspecified atom stereocenters. The molecule has 0 radical (unpaired) electrons. The van der Waals surface area contributed by atoms with Crippen molar-refractivity contribution in [1.29, 1.82) is 0 Å². The van der Waals surface area contributed by atoms with E-state index in [9.17, 15) is 19.2 Å². The van der Waals surface area contributed by atoms with Gasteiger partial charge in [0.2, 0.25) is 5.91 Å². The number of hydrogen-bond donors (Lipinski definition) is 1. The fourth-order valence-corrected chi connectivity index (χ4v) is 4.25. The number of methoxy groups -OCH3 is 1. The smallest absolute Gasteiger partial charge is 0.330 e. The van der Waals surface area contributed by atoms with Crippen LogP contribution in [-0.2, 0) is 35.1 Å². The molecule has 0 saturated carbocycles. The van der Waals surface area contributed by atoms with Gasteiger partial charge in [0, 0.05) is 13.0 Å². The predicted octanol–water partition coefficient (Wildman–Crippen LogP) is 1.21. The highest BCUT2D eigenvalue weighted by atomic mass is 16.5. The molecule has 2 aliphatic rings. The summed E-state index contributed by atoms with van der Waals surface area (Å²) in [5.41, 5.74) is 1.07. The Hall–Kier alpha value is -2.94. The summed E-state index contributed by atoms with van der Waals surface area (Å²) in [6.07, 6.45) is 2.46. The molecular formula is C23H31N3O6. The Morgan fingerprint density at radius 1 is 1.19 bits per heavy atom. The Bertz CT molecular complexity index is 830. The maximum absolute atomic E-state index is 13.5. The molecule has 9 heteroatoms. The molecule has 2 heterocycles. The van der Waals surface area contributed by atoms with Crippen LogP contribution in [0.1, 0.15) is 44.6 Å². The minimum Gasteiger partial charge on any atom is -0.467 e. The number of benzene rings is 1. The second-order valence-corrected chi connectivity index (χ2v) is 7.97. The van der Waals surface area contributed by atoms with E-state index in [-0.39, 0.29) is 25.4 Å². The lowest BCUT2D eigenvalue weighted by atomic mass is 10.0. The van der Waals surface area contributed by atoms with Crippen LogP contribution in [0.15, 0.2) is 30.3 Å². The van der Waals surface area contributed by atoms with Gasteiger partial charge in [0.1, 0.15) is 6.04 Å². The van der Waals surface area contributed by atoms with Crippen LogP contribution in [0, 0.1) is 0 Å². The van der Waals surface area contributed by atoms with Crippen molar-refractivity contribution in [2.24, 2.45) is 0 Å². The Morgan fingerprint density at radius 2 is 1.94 bits per heavy atom. The van der Waals surface area contributed by atoms with E-state index in [0.29, 0.717) is 32.2 Å². The molecule has 3 rings (SSSR count). The van der Waals surface area contributed by atoms with Gasteiger partial charge in [-0.05, 0) is 44.6 Å². The number of rotatable bonds is 8. The van der Waals surface area contributed by atoms with Crippen LogP contribution in [0.4, 0.5) is 0 Å². The largest absolute Gasteiger partial charge is 0.467 e. The van der Waals surface area contributed by atoms with E-state index in [1.165, 1.54) is 17.1 Å². The van der Waals surface area contributed by atoms with Gasteiger partial charge in [-0.2, -0.15) is 0 Å². The Morgan fingerprint density at radius 3 is 2.62 bits per heavy atom. The number of esters is 2. The van der Waals surface area contributed by atoms with E-state index in [2.05, 4.69) is 5.32 Å². The van der Waals surface area contributed by atoms with Gasteiger partial charge in [-0.1, -0.05) is 30.3 Å². The van der Waals surface area contributed by atoms with Crippen LogP contribution in [0.5, 0.6) is 0 Å². The van der Waals surface area contributed by atoms with Crippen LogP contribution < -0.4 is 5.32 Å². The van der Waals surface area contributed by atoms with Crippen LogP contribution in [0.25, 0.3) is 0 Å². The number of nitrogens with one attached hydrogen (secondary N) is 1. The number of ether oxygens (including phenoxy) is 2. The number of aryl methyl sites for hydroxylation is 1. The molecule has 0 aliphatic carbocycles. The van der Waals surface area contributed by atoms with Gasteiger partial charge >= 0.3 is 11.9 Å². The molecule has 9 nitrogen and oxygen atoms in total. The second kappa shape index (κ2) is 11.1. The molecule has 2 aliphatic heterocycles. The summed E-state index contributed by atoms with van der Waals surface area (Å²) < 4.78 is 10.1. The Balaban J connectivity index is 1.79. The lowest BCUT2D eigenvalue weighted by Crippen LogP contribution is -2.63. The number of hydrogen-bond acceptors (Lipinski definition) is 7. The lowest BCUT2D eigenvalue weighted by molar-refractivity contribution is -0.182. The van der Waals surface area contributed by atoms with Crippen LogP contribution >= 0.6 is 0 Å². The minimum atomic E-state index is -0.849. The topological polar surface area (TPSA) is 105 Å². The van der Waals surface area contributed by atoms with Crippen molar-refractivity contribution in [2.75, 3.05) is 20.3 Å². The highest BCUT2D eigenvalue weighted by Crippen LogP contribution is 2.26. The van der Waals surface area contributed by atoms with E-state index in [4.69, 9.17) is 9.47 Å². The maximum atomic E-state index is 13.5. The second-order valence-electron chi connectivity index (χ2n) is 7.97. The summed E-state index contributed by atoms with van der Waals surface area (Å²) >= 11 is 0. The lowest BCUT2D eigenvalue weighted by Gasteiger charge is -2.42. The fraction of sp³-hybridized carbons (Fsp3) is 0.565. The quantitative estimate of drug-likeness (QED) is 0.600. The van der Waals surface area contributed by atoms with E-state index in [0.717, 1.165) is 5.56 Å². The molecule has 1 aromatic rings.